The van der Waals surface area contributed by atoms with Crippen molar-refractivity contribution in [3.05, 3.63) is 0 Å². The Balaban J connectivity index is 1.78. The molecule has 3 rings (SSSR count). The fraction of sp³-hybridized carbons (Fsp3) is 0.917. The van der Waals surface area contributed by atoms with Crippen LogP contribution in [-0.2, 0) is 14.3 Å². The zero-order chi connectivity index (χ0) is 13.1. The summed E-state index contributed by atoms with van der Waals surface area (Å²) in [5.41, 5.74) is 0. The molecule has 2 saturated heterocycles. The van der Waals surface area contributed by atoms with Gasteiger partial charge in [0, 0.05) is 6.54 Å². The summed E-state index contributed by atoms with van der Waals surface area (Å²) in [6.45, 7) is 4.43. The molecule has 0 bridgehead atoms. The zero-order valence-electron chi connectivity index (χ0n) is 10.5. The molecule has 2 heterocycles. The molecule has 0 radical (unpaired) electrons. The lowest BCUT2D eigenvalue weighted by Crippen LogP contribution is -2.41. The summed E-state index contributed by atoms with van der Waals surface area (Å²) in [7, 11) is 0. The van der Waals surface area contributed by atoms with Gasteiger partial charge in [-0.25, -0.2) is 4.42 Å². The SMILES string of the molecule is CC1(C)OC2CC3CN(Cl)C(C(=O)O)C3CC2O1. The number of hydrogen-bond acceptors (Lipinski definition) is 4. The van der Waals surface area contributed by atoms with Crippen molar-refractivity contribution >= 4 is 17.7 Å². The lowest BCUT2D eigenvalue weighted by atomic mass is 9.76. The molecule has 0 amide bonds. The van der Waals surface area contributed by atoms with Crippen LogP contribution in [0, 0.1) is 11.8 Å². The largest absolute Gasteiger partial charge is 0.480 e. The van der Waals surface area contributed by atoms with Crippen LogP contribution in [0.2, 0.25) is 0 Å². The van der Waals surface area contributed by atoms with Gasteiger partial charge in [0.15, 0.2) is 5.79 Å². The molecular weight excluding hydrogens is 258 g/mol. The van der Waals surface area contributed by atoms with Gasteiger partial charge < -0.3 is 14.6 Å². The highest BCUT2D eigenvalue weighted by Gasteiger charge is 2.54. The molecule has 1 aliphatic carbocycles. The number of aliphatic carboxylic acids is 1. The van der Waals surface area contributed by atoms with Crippen molar-refractivity contribution in [3.63, 3.8) is 0 Å². The number of carbonyl (C=O) groups is 1. The molecule has 0 aromatic heterocycles. The molecule has 6 heteroatoms. The molecule has 102 valence electrons. The van der Waals surface area contributed by atoms with Crippen LogP contribution in [0.5, 0.6) is 0 Å². The fourth-order valence-electron chi connectivity index (χ4n) is 3.69. The van der Waals surface area contributed by atoms with Gasteiger partial charge in [-0.1, -0.05) is 0 Å². The molecule has 3 fully saturated rings. The van der Waals surface area contributed by atoms with Crippen molar-refractivity contribution in [3.8, 4) is 0 Å². The lowest BCUT2D eigenvalue weighted by Gasteiger charge is -2.33. The molecule has 18 heavy (non-hydrogen) atoms. The van der Waals surface area contributed by atoms with Crippen molar-refractivity contribution in [1.82, 2.24) is 4.42 Å². The summed E-state index contributed by atoms with van der Waals surface area (Å²) in [6, 6.07) is -0.593. The standard InChI is InChI=1S/C12H18ClNO4/c1-12(2)17-8-3-6-5-14(13)10(11(15)16)7(6)4-9(8)18-12/h6-10H,3-5H2,1-2H3,(H,15,16). The third-order valence-electron chi connectivity index (χ3n) is 4.30. The highest BCUT2D eigenvalue weighted by Crippen LogP contribution is 2.47. The molecular formula is C12H18ClNO4. The first-order valence-electron chi connectivity index (χ1n) is 6.38. The second-order valence-corrected chi connectivity index (χ2v) is 6.41. The van der Waals surface area contributed by atoms with E-state index in [-0.39, 0.29) is 18.1 Å². The van der Waals surface area contributed by atoms with E-state index in [2.05, 4.69) is 0 Å². The van der Waals surface area contributed by atoms with Gasteiger partial charge in [-0.2, -0.15) is 0 Å². The number of fused-ring (bicyclic) bond motifs is 2. The number of rotatable bonds is 1. The molecule has 1 N–H and O–H groups in total. The smallest absolute Gasteiger partial charge is 0.322 e. The summed E-state index contributed by atoms with van der Waals surface area (Å²) in [5.74, 6) is -1.02. The maximum Gasteiger partial charge on any atom is 0.322 e. The highest BCUT2D eigenvalue weighted by atomic mass is 35.5. The maximum absolute atomic E-state index is 11.3. The summed E-state index contributed by atoms with van der Waals surface area (Å²) in [5, 5.41) is 9.27. The van der Waals surface area contributed by atoms with Crippen LogP contribution in [0.25, 0.3) is 0 Å². The monoisotopic (exact) mass is 275 g/mol. The average Bonchev–Trinajstić information content (AvgIpc) is 2.66. The second-order valence-electron chi connectivity index (χ2n) is 5.97. The number of halogens is 1. The topological polar surface area (TPSA) is 59.0 Å². The first-order chi connectivity index (χ1) is 8.37. The van der Waals surface area contributed by atoms with E-state index in [1.54, 1.807) is 0 Å². The summed E-state index contributed by atoms with van der Waals surface area (Å²) in [6.07, 6.45) is 1.65. The van der Waals surface area contributed by atoms with Crippen LogP contribution in [0.4, 0.5) is 0 Å². The second kappa shape index (κ2) is 4.07. The Kier molecular flexibility index (Phi) is 2.86. The first-order valence-corrected chi connectivity index (χ1v) is 6.72. The lowest BCUT2D eigenvalue weighted by molar-refractivity contribution is -0.146. The molecule has 2 aliphatic heterocycles. The van der Waals surface area contributed by atoms with E-state index in [1.165, 1.54) is 4.42 Å². The molecule has 1 saturated carbocycles. The molecule has 0 aromatic carbocycles. The predicted octanol–water partition coefficient (Wildman–Crippen LogP) is 1.46. The van der Waals surface area contributed by atoms with Gasteiger partial charge in [-0.3, -0.25) is 4.79 Å². The van der Waals surface area contributed by atoms with Crippen molar-refractivity contribution < 1.29 is 19.4 Å². The van der Waals surface area contributed by atoms with Gasteiger partial charge in [0.05, 0.1) is 12.2 Å². The summed E-state index contributed by atoms with van der Waals surface area (Å²) in [4.78, 5) is 11.3. The minimum absolute atomic E-state index is 0.00580. The minimum Gasteiger partial charge on any atom is -0.480 e. The number of ether oxygens (including phenoxy) is 2. The molecule has 0 spiro atoms. The van der Waals surface area contributed by atoms with Gasteiger partial charge in [0.2, 0.25) is 0 Å². The van der Waals surface area contributed by atoms with Gasteiger partial charge >= 0.3 is 5.97 Å². The van der Waals surface area contributed by atoms with Gasteiger partial charge in [0.1, 0.15) is 6.04 Å². The van der Waals surface area contributed by atoms with Gasteiger partial charge in [-0.15, -0.1) is 0 Å². The van der Waals surface area contributed by atoms with Crippen molar-refractivity contribution in [2.45, 2.75) is 50.7 Å². The first kappa shape index (κ1) is 12.7. The Bertz CT molecular complexity index is 375. The van der Waals surface area contributed by atoms with Crippen LogP contribution in [0.15, 0.2) is 0 Å². The van der Waals surface area contributed by atoms with Gasteiger partial charge in [-0.05, 0) is 50.3 Å². The minimum atomic E-state index is -0.839. The van der Waals surface area contributed by atoms with E-state index in [0.717, 1.165) is 12.8 Å². The van der Waals surface area contributed by atoms with Gasteiger partial charge in [0.25, 0.3) is 0 Å². The van der Waals surface area contributed by atoms with Crippen LogP contribution >= 0.6 is 11.8 Å². The Labute approximate surface area is 111 Å². The van der Waals surface area contributed by atoms with Crippen LogP contribution in [-0.4, -0.2) is 46.1 Å². The predicted molar refractivity (Wildman–Crippen MR) is 64.0 cm³/mol. The third-order valence-corrected chi connectivity index (χ3v) is 4.65. The van der Waals surface area contributed by atoms with Crippen molar-refractivity contribution in [1.29, 1.82) is 0 Å². The fourth-order valence-corrected chi connectivity index (χ4v) is 4.09. The Morgan fingerprint density at radius 1 is 1.33 bits per heavy atom. The van der Waals surface area contributed by atoms with E-state index < -0.39 is 17.8 Å². The van der Waals surface area contributed by atoms with E-state index in [0.29, 0.717) is 12.5 Å². The zero-order valence-corrected chi connectivity index (χ0v) is 11.3. The summed E-state index contributed by atoms with van der Waals surface area (Å²) < 4.78 is 13.1. The van der Waals surface area contributed by atoms with Crippen LogP contribution in [0.3, 0.4) is 0 Å². The number of hydrogen-bond donors (Lipinski definition) is 1. The molecule has 3 aliphatic rings. The summed E-state index contributed by atoms with van der Waals surface area (Å²) >= 11 is 6.03. The van der Waals surface area contributed by atoms with Crippen molar-refractivity contribution in [2.24, 2.45) is 11.8 Å². The number of nitrogens with zero attached hydrogens (tertiary/aromatic N) is 1. The van der Waals surface area contributed by atoms with E-state index >= 15 is 0 Å². The maximum atomic E-state index is 11.3. The van der Waals surface area contributed by atoms with Crippen LogP contribution in [0.1, 0.15) is 26.7 Å². The Morgan fingerprint density at radius 3 is 2.56 bits per heavy atom. The average molecular weight is 276 g/mol. The molecule has 5 unspecified atom stereocenters. The molecule has 5 atom stereocenters. The normalized spacial score (nSPS) is 46.7. The van der Waals surface area contributed by atoms with Crippen LogP contribution < -0.4 is 0 Å². The Hall–Kier alpha value is -0.360. The number of carboxylic acids is 1. The third kappa shape index (κ3) is 1.93. The van der Waals surface area contributed by atoms with Crippen molar-refractivity contribution in [2.75, 3.05) is 6.54 Å². The highest BCUT2D eigenvalue weighted by molar-refractivity contribution is 6.15. The molecule has 5 nitrogen and oxygen atoms in total. The quantitative estimate of drug-likeness (QED) is 0.734. The van der Waals surface area contributed by atoms with E-state index in [9.17, 15) is 9.90 Å². The van der Waals surface area contributed by atoms with E-state index in [1.807, 2.05) is 13.8 Å². The Morgan fingerprint density at radius 2 is 1.94 bits per heavy atom. The van der Waals surface area contributed by atoms with E-state index in [4.69, 9.17) is 21.3 Å². The molecule has 0 aromatic rings. The number of carboxylic acid groups (broad SMARTS) is 1.